The number of esters is 1. The van der Waals surface area contributed by atoms with Crippen molar-refractivity contribution in [3.05, 3.63) is 12.7 Å². The second-order valence-electron chi connectivity index (χ2n) is 5.67. The molecule has 0 aromatic rings. The van der Waals surface area contributed by atoms with Crippen LogP contribution in [0.25, 0.3) is 0 Å². The minimum atomic E-state index is -0.650. The van der Waals surface area contributed by atoms with Crippen LogP contribution in [0.4, 0.5) is 0 Å². The lowest BCUT2D eigenvalue weighted by Gasteiger charge is -2.41. The quantitative estimate of drug-likeness (QED) is 0.431. The average molecular weight is 268 g/mol. The summed E-state index contributed by atoms with van der Waals surface area (Å²) in [5, 5.41) is 3.66. The van der Waals surface area contributed by atoms with Crippen LogP contribution in [0.1, 0.15) is 27.2 Å². The second-order valence-corrected chi connectivity index (χ2v) is 5.67. The molecule has 1 saturated heterocycles. The molecule has 0 aromatic carbocycles. The van der Waals surface area contributed by atoms with E-state index < -0.39 is 18.1 Å². The molecule has 0 radical (unpaired) electrons. The SMILES string of the molecule is C=CCOC(=O)[C@H]1CCN1C(=O)[C@@H](N=[NH2+])C(C)(C)C. The number of nitrogens with two attached hydrogens (primary N) is 1. The van der Waals surface area contributed by atoms with Crippen molar-refractivity contribution in [3.63, 3.8) is 0 Å². The third-order valence-corrected chi connectivity index (χ3v) is 3.12. The topological polar surface area (TPSA) is 84.6 Å². The molecule has 6 heteroatoms. The van der Waals surface area contributed by atoms with Crippen LogP contribution in [0, 0.1) is 5.41 Å². The lowest BCUT2D eigenvalue weighted by molar-refractivity contribution is -0.234. The minimum Gasteiger partial charge on any atom is -0.460 e. The second kappa shape index (κ2) is 5.95. The Labute approximate surface area is 113 Å². The molecule has 0 unspecified atom stereocenters. The number of carbonyl (C=O) groups excluding carboxylic acids is 2. The van der Waals surface area contributed by atoms with E-state index in [1.807, 2.05) is 20.8 Å². The molecule has 1 rings (SSSR count). The van der Waals surface area contributed by atoms with Gasteiger partial charge < -0.3 is 9.64 Å². The van der Waals surface area contributed by atoms with E-state index in [0.29, 0.717) is 13.0 Å². The molecule has 2 atom stereocenters. The number of likely N-dealkylation sites (tertiary alicyclic amines) is 1. The zero-order valence-electron chi connectivity index (χ0n) is 11.8. The molecule has 6 nitrogen and oxygen atoms in total. The van der Waals surface area contributed by atoms with Gasteiger partial charge in [0.1, 0.15) is 12.6 Å². The predicted molar refractivity (Wildman–Crippen MR) is 68.9 cm³/mol. The molecule has 1 fully saturated rings. The first-order valence-corrected chi connectivity index (χ1v) is 6.31. The van der Waals surface area contributed by atoms with Gasteiger partial charge in [-0.3, -0.25) is 4.79 Å². The highest BCUT2D eigenvalue weighted by molar-refractivity contribution is 5.89. The molecule has 0 aromatic heterocycles. The van der Waals surface area contributed by atoms with Crippen LogP contribution in [0.15, 0.2) is 17.8 Å². The molecule has 2 N–H and O–H groups in total. The Kier molecular flexibility index (Phi) is 4.80. The average Bonchev–Trinajstić information content (AvgIpc) is 2.23. The molecule has 0 aliphatic carbocycles. The normalized spacial score (nSPS) is 20.2. The van der Waals surface area contributed by atoms with Crippen LogP contribution in [0.5, 0.6) is 0 Å². The van der Waals surface area contributed by atoms with E-state index in [-0.39, 0.29) is 17.9 Å². The number of amides is 1. The first-order chi connectivity index (χ1) is 8.82. The molecule has 1 heterocycles. The van der Waals surface area contributed by atoms with Gasteiger partial charge in [0.05, 0.1) is 0 Å². The number of hydrogen-bond acceptors (Lipinski definition) is 4. The monoisotopic (exact) mass is 268 g/mol. The van der Waals surface area contributed by atoms with Crippen molar-refractivity contribution in [1.29, 1.82) is 0 Å². The summed E-state index contributed by atoms with van der Waals surface area (Å²) in [6.07, 6.45) is 2.11. The summed E-state index contributed by atoms with van der Waals surface area (Å²) in [6.45, 7) is 9.82. The predicted octanol–water partition coefficient (Wildman–Crippen LogP) is -0.0575. The van der Waals surface area contributed by atoms with Crippen molar-refractivity contribution >= 4 is 11.9 Å². The third-order valence-electron chi connectivity index (χ3n) is 3.12. The Balaban J connectivity index is 2.70. The van der Waals surface area contributed by atoms with E-state index >= 15 is 0 Å². The fraction of sp³-hybridized carbons (Fsp3) is 0.692. The van der Waals surface area contributed by atoms with Crippen molar-refractivity contribution < 1.29 is 19.9 Å². The van der Waals surface area contributed by atoms with Gasteiger partial charge >= 0.3 is 5.97 Å². The maximum absolute atomic E-state index is 12.3. The Morgan fingerprint density at radius 2 is 2.21 bits per heavy atom. The maximum Gasteiger partial charge on any atom is 0.329 e. The minimum absolute atomic E-state index is 0.154. The maximum atomic E-state index is 12.3. The van der Waals surface area contributed by atoms with E-state index in [0.717, 1.165) is 0 Å². The van der Waals surface area contributed by atoms with Gasteiger partial charge in [-0.25, -0.2) is 4.79 Å². The highest BCUT2D eigenvalue weighted by Gasteiger charge is 2.45. The van der Waals surface area contributed by atoms with E-state index in [2.05, 4.69) is 11.7 Å². The fourth-order valence-corrected chi connectivity index (χ4v) is 1.95. The Bertz CT molecular complexity index is 387. The van der Waals surface area contributed by atoms with Crippen LogP contribution in [-0.4, -0.2) is 42.0 Å². The molecule has 1 amide bonds. The number of ether oxygens (including phenoxy) is 1. The summed E-state index contributed by atoms with van der Waals surface area (Å²) < 4.78 is 4.96. The van der Waals surface area contributed by atoms with Crippen molar-refractivity contribution in [3.8, 4) is 0 Å². The lowest BCUT2D eigenvalue weighted by atomic mass is 9.85. The molecule has 0 bridgehead atoms. The molecule has 1 aliphatic rings. The van der Waals surface area contributed by atoms with Gasteiger partial charge in [0.2, 0.25) is 0 Å². The molecule has 0 spiro atoms. The molecule has 1 aliphatic heterocycles. The van der Waals surface area contributed by atoms with E-state index in [1.165, 1.54) is 11.0 Å². The van der Waals surface area contributed by atoms with Crippen LogP contribution in [0.3, 0.4) is 0 Å². The number of rotatable bonds is 5. The van der Waals surface area contributed by atoms with Gasteiger partial charge in [0.25, 0.3) is 5.91 Å². The van der Waals surface area contributed by atoms with Gasteiger partial charge in [-0.1, -0.05) is 33.4 Å². The van der Waals surface area contributed by atoms with Crippen molar-refractivity contribution in [2.24, 2.45) is 10.5 Å². The zero-order valence-corrected chi connectivity index (χ0v) is 11.8. The summed E-state index contributed by atoms with van der Waals surface area (Å²) in [4.78, 5) is 25.5. The highest BCUT2D eigenvalue weighted by Crippen LogP contribution is 2.28. The van der Waals surface area contributed by atoms with Gasteiger partial charge in [0, 0.05) is 6.54 Å². The first kappa shape index (κ1) is 15.3. The molecular weight excluding hydrogens is 246 g/mol. The fourth-order valence-electron chi connectivity index (χ4n) is 1.95. The van der Waals surface area contributed by atoms with Gasteiger partial charge in [-0.05, 0) is 17.0 Å². The van der Waals surface area contributed by atoms with E-state index in [4.69, 9.17) is 10.3 Å². The highest BCUT2D eigenvalue weighted by atomic mass is 16.5. The number of carbonyl (C=O) groups is 2. The van der Waals surface area contributed by atoms with Crippen LogP contribution >= 0.6 is 0 Å². The summed E-state index contributed by atoms with van der Waals surface area (Å²) in [5.74, 6) is -0.619. The lowest BCUT2D eigenvalue weighted by Crippen LogP contribution is -2.60. The Morgan fingerprint density at radius 1 is 1.58 bits per heavy atom. The number of nitrogens with zero attached hydrogens (tertiary/aromatic N) is 2. The van der Waals surface area contributed by atoms with Crippen LogP contribution in [0.2, 0.25) is 0 Å². The Morgan fingerprint density at radius 3 is 2.58 bits per heavy atom. The van der Waals surface area contributed by atoms with Crippen LogP contribution in [-0.2, 0) is 14.3 Å². The van der Waals surface area contributed by atoms with Crippen LogP contribution < -0.4 is 5.53 Å². The van der Waals surface area contributed by atoms with Gasteiger partial charge in [-0.2, -0.15) is 5.53 Å². The van der Waals surface area contributed by atoms with Gasteiger partial charge in [0.15, 0.2) is 6.04 Å². The van der Waals surface area contributed by atoms with E-state index in [9.17, 15) is 9.59 Å². The zero-order chi connectivity index (χ0) is 14.6. The van der Waals surface area contributed by atoms with Crippen molar-refractivity contribution in [1.82, 2.24) is 4.90 Å². The standard InChI is InChI=1S/C13H21N3O3/c1-5-8-19-12(18)9-6-7-16(9)11(17)10(15-14)13(2,3)4/h5,9-10,14H,1,6-8H2,2-4H3/p+1/t9-,10-/m1/s1. The largest absolute Gasteiger partial charge is 0.460 e. The molecule has 19 heavy (non-hydrogen) atoms. The van der Waals surface area contributed by atoms with Gasteiger partial charge in [-0.15, -0.1) is 0 Å². The molecule has 106 valence electrons. The summed E-state index contributed by atoms with van der Waals surface area (Å²) in [6, 6.07) is -1.17. The molecular formula is C13H22N3O3+. The Hall–Kier alpha value is -1.72. The first-order valence-electron chi connectivity index (χ1n) is 6.31. The van der Waals surface area contributed by atoms with Crippen molar-refractivity contribution in [2.45, 2.75) is 39.3 Å². The summed E-state index contributed by atoms with van der Waals surface area (Å²) in [7, 11) is 0. The van der Waals surface area contributed by atoms with E-state index in [1.54, 1.807) is 0 Å². The summed E-state index contributed by atoms with van der Waals surface area (Å²) >= 11 is 0. The number of hydrogen-bond donors (Lipinski definition) is 1. The van der Waals surface area contributed by atoms with Crippen molar-refractivity contribution in [2.75, 3.05) is 13.2 Å². The summed E-state index contributed by atoms with van der Waals surface area (Å²) in [5.41, 5.74) is 4.95. The molecule has 0 saturated carbocycles. The smallest absolute Gasteiger partial charge is 0.329 e. The third kappa shape index (κ3) is 3.39.